The molecule has 0 aromatic carbocycles. The Morgan fingerprint density at radius 1 is 1.30 bits per heavy atom. The number of nitrogens with zero attached hydrogens (tertiary/aromatic N) is 1. The first-order chi connectivity index (χ1) is 9.45. The molecule has 114 valence electrons. The van der Waals surface area contributed by atoms with Gasteiger partial charge in [0.15, 0.2) is 0 Å². The molecule has 1 atom stereocenters. The third kappa shape index (κ3) is 3.63. The lowest BCUT2D eigenvalue weighted by atomic mass is 9.75. The molecule has 2 heterocycles. The van der Waals surface area contributed by atoms with Crippen molar-refractivity contribution >= 4 is 11.3 Å². The molecule has 2 nitrogen and oxygen atoms in total. The van der Waals surface area contributed by atoms with Crippen molar-refractivity contribution in [2.24, 2.45) is 17.1 Å². The minimum atomic E-state index is 0.432. The lowest BCUT2D eigenvalue weighted by Gasteiger charge is -2.41. The van der Waals surface area contributed by atoms with E-state index in [0.29, 0.717) is 11.5 Å². The second-order valence-electron chi connectivity index (χ2n) is 7.09. The Labute approximate surface area is 128 Å². The van der Waals surface area contributed by atoms with Crippen LogP contribution in [0, 0.1) is 11.3 Å². The lowest BCUT2D eigenvalue weighted by molar-refractivity contribution is 0.0857. The van der Waals surface area contributed by atoms with Gasteiger partial charge in [0, 0.05) is 16.3 Å². The summed E-state index contributed by atoms with van der Waals surface area (Å²) in [7, 11) is 0. The van der Waals surface area contributed by atoms with Gasteiger partial charge in [0.1, 0.15) is 0 Å². The van der Waals surface area contributed by atoms with E-state index in [1.54, 1.807) is 0 Å². The fourth-order valence-corrected chi connectivity index (χ4v) is 4.39. The zero-order valence-corrected chi connectivity index (χ0v) is 14.3. The van der Waals surface area contributed by atoms with E-state index < -0.39 is 0 Å². The summed E-state index contributed by atoms with van der Waals surface area (Å²) >= 11 is 1.94. The summed E-state index contributed by atoms with van der Waals surface area (Å²) in [6.45, 7) is 12.5. The van der Waals surface area contributed by atoms with Crippen molar-refractivity contribution in [2.45, 2.75) is 53.0 Å². The molecule has 1 aliphatic heterocycles. The normalized spacial score (nSPS) is 20.2. The maximum absolute atomic E-state index is 6.07. The minimum Gasteiger partial charge on any atom is -0.329 e. The fourth-order valence-electron chi connectivity index (χ4n) is 3.29. The third-order valence-electron chi connectivity index (χ3n) is 4.78. The molecule has 1 aromatic rings. The van der Waals surface area contributed by atoms with Crippen molar-refractivity contribution in [2.75, 3.05) is 19.6 Å². The number of hydrogen-bond donors (Lipinski definition) is 1. The van der Waals surface area contributed by atoms with E-state index in [1.807, 2.05) is 11.3 Å². The molecule has 2 rings (SSSR count). The first-order valence-corrected chi connectivity index (χ1v) is 8.80. The van der Waals surface area contributed by atoms with Crippen molar-refractivity contribution in [1.82, 2.24) is 4.90 Å². The van der Waals surface area contributed by atoms with Crippen molar-refractivity contribution < 1.29 is 0 Å². The van der Waals surface area contributed by atoms with Gasteiger partial charge in [-0.3, -0.25) is 4.90 Å². The number of rotatable bonds is 4. The topological polar surface area (TPSA) is 29.3 Å². The number of hydrogen-bond acceptors (Lipinski definition) is 3. The molecule has 0 spiro atoms. The zero-order valence-electron chi connectivity index (χ0n) is 13.5. The van der Waals surface area contributed by atoms with Gasteiger partial charge >= 0.3 is 0 Å². The maximum atomic E-state index is 6.07. The third-order valence-corrected chi connectivity index (χ3v) is 6.11. The molecule has 3 heteroatoms. The Bertz CT molecular complexity index is 411. The van der Waals surface area contributed by atoms with E-state index in [9.17, 15) is 0 Å². The van der Waals surface area contributed by atoms with Crippen LogP contribution in [0.1, 0.15) is 56.3 Å². The molecule has 1 aromatic heterocycles. The number of aryl methyl sites for hydroxylation is 1. The van der Waals surface area contributed by atoms with Crippen LogP contribution >= 0.6 is 11.3 Å². The minimum absolute atomic E-state index is 0.432. The predicted molar refractivity (Wildman–Crippen MR) is 89.2 cm³/mol. The molecule has 1 unspecified atom stereocenters. The maximum Gasteiger partial charge on any atom is 0.0564 e. The average Bonchev–Trinajstić information content (AvgIpc) is 2.88. The summed E-state index contributed by atoms with van der Waals surface area (Å²) in [5.41, 5.74) is 6.52. The summed E-state index contributed by atoms with van der Waals surface area (Å²) in [6, 6.07) is 4.99. The van der Waals surface area contributed by atoms with Crippen molar-refractivity contribution in [3.63, 3.8) is 0 Å². The fraction of sp³-hybridized carbons (Fsp3) is 0.765. The van der Waals surface area contributed by atoms with Gasteiger partial charge in [-0.25, -0.2) is 0 Å². The summed E-state index contributed by atoms with van der Waals surface area (Å²) in [4.78, 5) is 5.54. The van der Waals surface area contributed by atoms with Gasteiger partial charge in [-0.1, -0.05) is 27.7 Å². The molecule has 0 saturated carbocycles. The smallest absolute Gasteiger partial charge is 0.0564 e. The highest BCUT2D eigenvalue weighted by Crippen LogP contribution is 2.37. The Kier molecular flexibility index (Phi) is 5.27. The Balaban J connectivity index is 2.00. The molecule has 1 fully saturated rings. The number of likely N-dealkylation sites (tertiary alicyclic amines) is 1. The van der Waals surface area contributed by atoms with Gasteiger partial charge in [0.05, 0.1) is 6.04 Å². The van der Waals surface area contributed by atoms with Gasteiger partial charge in [0.2, 0.25) is 0 Å². The van der Waals surface area contributed by atoms with Gasteiger partial charge < -0.3 is 5.73 Å². The number of thiophene rings is 1. The van der Waals surface area contributed by atoms with Gasteiger partial charge in [-0.15, -0.1) is 11.3 Å². The van der Waals surface area contributed by atoms with Crippen LogP contribution in [0.2, 0.25) is 0 Å². The van der Waals surface area contributed by atoms with E-state index in [4.69, 9.17) is 5.73 Å². The van der Waals surface area contributed by atoms with Crippen LogP contribution < -0.4 is 5.73 Å². The largest absolute Gasteiger partial charge is 0.329 e. The standard InChI is InChI=1S/C17H30N2S/c1-5-14-6-7-16(20-14)15(12-18)19-10-8-13(9-11-19)17(2,3)4/h6-7,13,15H,5,8-12,18H2,1-4H3. The van der Waals surface area contributed by atoms with Crippen LogP contribution in [0.25, 0.3) is 0 Å². The van der Waals surface area contributed by atoms with E-state index in [2.05, 4.69) is 44.7 Å². The highest BCUT2D eigenvalue weighted by Gasteiger charge is 2.31. The van der Waals surface area contributed by atoms with E-state index in [1.165, 1.54) is 35.7 Å². The van der Waals surface area contributed by atoms with Crippen LogP contribution in [0.15, 0.2) is 12.1 Å². The molecule has 0 aliphatic carbocycles. The SMILES string of the molecule is CCc1ccc(C(CN)N2CCC(C(C)(C)C)CC2)s1. The quantitative estimate of drug-likeness (QED) is 0.907. The molecule has 1 aliphatic rings. The molecule has 20 heavy (non-hydrogen) atoms. The van der Waals surface area contributed by atoms with Crippen LogP contribution in [-0.4, -0.2) is 24.5 Å². The first-order valence-electron chi connectivity index (χ1n) is 7.98. The number of nitrogens with two attached hydrogens (primary N) is 1. The molecule has 1 saturated heterocycles. The van der Waals surface area contributed by atoms with Crippen LogP contribution in [-0.2, 0) is 6.42 Å². The summed E-state index contributed by atoms with van der Waals surface area (Å²) < 4.78 is 0. The zero-order chi connectivity index (χ0) is 14.8. The second kappa shape index (κ2) is 6.59. The van der Waals surface area contributed by atoms with Gasteiger partial charge in [-0.2, -0.15) is 0 Å². The Morgan fingerprint density at radius 3 is 2.40 bits per heavy atom. The van der Waals surface area contributed by atoms with E-state index in [-0.39, 0.29) is 0 Å². The molecule has 2 N–H and O–H groups in total. The van der Waals surface area contributed by atoms with Crippen molar-refractivity contribution in [3.05, 3.63) is 21.9 Å². The monoisotopic (exact) mass is 294 g/mol. The average molecular weight is 295 g/mol. The van der Waals surface area contributed by atoms with Crippen LogP contribution in [0.5, 0.6) is 0 Å². The highest BCUT2D eigenvalue weighted by molar-refractivity contribution is 7.12. The van der Waals surface area contributed by atoms with Gasteiger partial charge in [-0.05, 0) is 55.8 Å². The molecule has 0 bridgehead atoms. The Morgan fingerprint density at radius 2 is 1.95 bits per heavy atom. The summed E-state index contributed by atoms with van der Waals surface area (Å²) in [5, 5.41) is 0. The Hall–Kier alpha value is -0.380. The summed E-state index contributed by atoms with van der Waals surface area (Å²) in [5.74, 6) is 0.853. The van der Waals surface area contributed by atoms with Crippen LogP contribution in [0.3, 0.4) is 0 Å². The number of piperidine rings is 1. The van der Waals surface area contributed by atoms with Gasteiger partial charge in [0.25, 0.3) is 0 Å². The first kappa shape index (κ1) is 16.0. The van der Waals surface area contributed by atoms with E-state index >= 15 is 0 Å². The summed E-state index contributed by atoms with van der Waals surface area (Å²) in [6.07, 6.45) is 3.76. The predicted octanol–water partition coefficient (Wildman–Crippen LogP) is 4.07. The lowest BCUT2D eigenvalue weighted by Crippen LogP contribution is -2.42. The second-order valence-corrected chi connectivity index (χ2v) is 8.29. The highest BCUT2D eigenvalue weighted by atomic mass is 32.1. The van der Waals surface area contributed by atoms with Crippen LogP contribution in [0.4, 0.5) is 0 Å². The molecular weight excluding hydrogens is 264 g/mol. The van der Waals surface area contributed by atoms with E-state index in [0.717, 1.165) is 18.9 Å². The molecular formula is C17H30N2S. The van der Waals surface area contributed by atoms with Crippen molar-refractivity contribution in [3.8, 4) is 0 Å². The molecule has 0 radical (unpaired) electrons. The molecule has 0 amide bonds. The van der Waals surface area contributed by atoms with Crippen molar-refractivity contribution in [1.29, 1.82) is 0 Å².